The molecule has 1 aromatic carbocycles. The summed E-state index contributed by atoms with van der Waals surface area (Å²) in [6.07, 6.45) is 1.52. The van der Waals surface area contributed by atoms with Gasteiger partial charge >= 0.3 is 0 Å². The van der Waals surface area contributed by atoms with Crippen LogP contribution in [0.3, 0.4) is 0 Å². The molecule has 0 spiro atoms. The molecule has 0 fully saturated rings. The van der Waals surface area contributed by atoms with Crippen LogP contribution in [0, 0.1) is 6.92 Å². The predicted molar refractivity (Wildman–Crippen MR) is 96.1 cm³/mol. The number of hydrogen-bond donors (Lipinski definition) is 0. The van der Waals surface area contributed by atoms with Gasteiger partial charge in [0.1, 0.15) is 16.9 Å². The standard InChI is InChI=1S/C17H12BrN3O2S/c1-10-6-14-16(19-9-20-17(14)24-10)22-8-13-7-15(21-23-13)11-2-4-12(18)5-3-11/h2-7,9H,8H2,1H3. The fourth-order valence-electron chi connectivity index (χ4n) is 2.35. The lowest BCUT2D eigenvalue weighted by atomic mass is 10.1. The Balaban J connectivity index is 1.53. The van der Waals surface area contributed by atoms with Crippen LogP contribution in [0.2, 0.25) is 0 Å². The van der Waals surface area contributed by atoms with Crippen molar-refractivity contribution in [3.05, 3.63) is 57.8 Å². The highest BCUT2D eigenvalue weighted by atomic mass is 79.9. The number of halogens is 1. The molecule has 0 N–H and O–H groups in total. The third-order valence-corrected chi connectivity index (χ3v) is 4.95. The van der Waals surface area contributed by atoms with Crippen molar-refractivity contribution in [2.75, 3.05) is 0 Å². The lowest BCUT2D eigenvalue weighted by Crippen LogP contribution is -1.96. The van der Waals surface area contributed by atoms with Gasteiger partial charge in [0.25, 0.3) is 0 Å². The third-order valence-electron chi connectivity index (χ3n) is 3.47. The molecule has 3 heterocycles. The van der Waals surface area contributed by atoms with Gasteiger partial charge in [0.05, 0.1) is 5.39 Å². The summed E-state index contributed by atoms with van der Waals surface area (Å²) in [5.74, 6) is 1.21. The maximum atomic E-state index is 5.80. The number of aryl methyl sites for hydroxylation is 1. The third kappa shape index (κ3) is 3.05. The SMILES string of the molecule is Cc1cc2c(OCc3cc(-c4ccc(Br)cc4)no3)ncnc2s1. The molecule has 0 bridgehead atoms. The fraction of sp³-hybridized carbons (Fsp3) is 0.118. The number of ether oxygens (including phenoxy) is 1. The molecule has 5 nitrogen and oxygen atoms in total. The molecule has 0 radical (unpaired) electrons. The van der Waals surface area contributed by atoms with Crippen molar-refractivity contribution >= 4 is 37.5 Å². The molecule has 0 saturated heterocycles. The quantitative estimate of drug-likeness (QED) is 0.481. The molecule has 0 aliphatic rings. The van der Waals surface area contributed by atoms with Crippen LogP contribution in [0.5, 0.6) is 5.88 Å². The van der Waals surface area contributed by atoms with Crippen molar-refractivity contribution in [1.29, 1.82) is 0 Å². The molecule has 7 heteroatoms. The Morgan fingerprint density at radius 2 is 2.00 bits per heavy atom. The molecule has 24 heavy (non-hydrogen) atoms. The molecule has 4 aromatic rings. The van der Waals surface area contributed by atoms with E-state index < -0.39 is 0 Å². The Morgan fingerprint density at radius 3 is 2.83 bits per heavy atom. The minimum absolute atomic E-state index is 0.268. The van der Waals surface area contributed by atoms with E-state index in [1.807, 2.05) is 43.3 Å². The minimum atomic E-state index is 0.268. The van der Waals surface area contributed by atoms with Crippen molar-refractivity contribution in [3.63, 3.8) is 0 Å². The topological polar surface area (TPSA) is 61.0 Å². The second kappa shape index (κ2) is 6.33. The maximum absolute atomic E-state index is 5.80. The smallest absolute Gasteiger partial charge is 0.225 e. The first-order valence-corrected chi connectivity index (χ1v) is 8.85. The van der Waals surface area contributed by atoms with Crippen molar-refractivity contribution in [2.45, 2.75) is 13.5 Å². The highest BCUT2D eigenvalue weighted by Crippen LogP contribution is 2.29. The van der Waals surface area contributed by atoms with Gasteiger partial charge in [-0.05, 0) is 25.1 Å². The summed E-state index contributed by atoms with van der Waals surface area (Å²) in [4.78, 5) is 10.6. The molecule has 0 aliphatic heterocycles. The van der Waals surface area contributed by atoms with E-state index in [1.165, 1.54) is 11.2 Å². The van der Waals surface area contributed by atoms with Crippen LogP contribution in [-0.4, -0.2) is 15.1 Å². The zero-order chi connectivity index (χ0) is 16.5. The first-order valence-electron chi connectivity index (χ1n) is 7.24. The van der Waals surface area contributed by atoms with Crippen LogP contribution in [0.15, 0.2) is 51.7 Å². The zero-order valence-electron chi connectivity index (χ0n) is 12.7. The monoisotopic (exact) mass is 401 g/mol. The van der Waals surface area contributed by atoms with Gasteiger partial charge in [-0.3, -0.25) is 0 Å². The Labute approximate surface area is 150 Å². The maximum Gasteiger partial charge on any atom is 0.225 e. The van der Waals surface area contributed by atoms with Crippen molar-refractivity contribution in [3.8, 4) is 17.1 Å². The molecule has 0 saturated carbocycles. The molecule has 4 rings (SSSR count). The van der Waals surface area contributed by atoms with Gasteiger partial charge in [-0.2, -0.15) is 0 Å². The van der Waals surface area contributed by atoms with Gasteiger partial charge in [0, 0.05) is 21.0 Å². The average molecular weight is 402 g/mol. The second-order valence-corrected chi connectivity index (χ2v) is 7.38. The summed E-state index contributed by atoms with van der Waals surface area (Å²) < 4.78 is 12.2. The predicted octanol–water partition coefficient (Wildman–Crippen LogP) is 5.00. The molecular weight excluding hydrogens is 390 g/mol. The van der Waals surface area contributed by atoms with Gasteiger partial charge < -0.3 is 9.26 Å². The van der Waals surface area contributed by atoms with E-state index in [9.17, 15) is 0 Å². The highest BCUT2D eigenvalue weighted by Gasteiger charge is 2.11. The summed E-state index contributed by atoms with van der Waals surface area (Å²) >= 11 is 5.04. The first-order chi connectivity index (χ1) is 11.7. The number of nitrogens with zero attached hydrogens (tertiary/aromatic N) is 3. The Kier molecular flexibility index (Phi) is 4.03. The molecule has 120 valence electrons. The van der Waals surface area contributed by atoms with E-state index in [0.29, 0.717) is 11.6 Å². The number of benzene rings is 1. The van der Waals surface area contributed by atoms with E-state index in [0.717, 1.165) is 25.9 Å². The van der Waals surface area contributed by atoms with Gasteiger partial charge in [0.2, 0.25) is 5.88 Å². The van der Waals surface area contributed by atoms with E-state index in [-0.39, 0.29) is 6.61 Å². The molecule has 3 aromatic heterocycles. The van der Waals surface area contributed by atoms with E-state index in [4.69, 9.17) is 9.26 Å². The van der Waals surface area contributed by atoms with Crippen molar-refractivity contribution in [2.24, 2.45) is 0 Å². The number of hydrogen-bond acceptors (Lipinski definition) is 6. The number of fused-ring (bicyclic) bond motifs is 1. The van der Waals surface area contributed by atoms with E-state index in [2.05, 4.69) is 31.1 Å². The second-order valence-electron chi connectivity index (χ2n) is 5.23. The van der Waals surface area contributed by atoms with Crippen LogP contribution >= 0.6 is 27.3 Å². The van der Waals surface area contributed by atoms with Gasteiger partial charge in [0.15, 0.2) is 12.4 Å². The number of thiophene rings is 1. The van der Waals surface area contributed by atoms with Crippen molar-refractivity contribution < 1.29 is 9.26 Å². The number of aromatic nitrogens is 3. The van der Waals surface area contributed by atoms with E-state index >= 15 is 0 Å². The highest BCUT2D eigenvalue weighted by molar-refractivity contribution is 9.10. The fourth-order valence-corrected chi connectivity index (χ4v) is 3.45. The number of rotatable bonds is 4. The Bertz CT molecular complexity index is 995. The summed E-state index contributed by atoms with van der Waals surface area (Å²) in [5.41, 5.74) is 1.77. The Hall–Kier alpha value is -2.25. The van der Waals surface area contributed by atoms with Gasteiger partial charge in [-0.15, -0.1) is 11.3 Å². The summed E-state index contributed by atoms with van der Waals surface area (Å²) in [6.45, 7) is 2.31. The minimum Gasteiger partial charge on any atom is -0.469 e. The van der Waals surface area contributed by atoms with Gasteiger partial charge in [-0.25, -0.2) is 9.97 Å². The lowest BCUT2D eigenvalue weighted by molar-refractivity contribution is 0.244. The molecule has 0 aliphatic carbocycles. The molecular formula is C17H12BrN3O2S. The zero-order valence-corrected chi connectivity index (χ0v) is 15.1. The molecule has 0 amide bonds. The molecule has 0 atom stereocenters. The molecule has 0 unspecified atom stereocenters. The Morgan fingerprint density at radius 1 is 1.17 bits per heavy atom. The first kappa shape index (κ1) is 15.3. The normalized spacial score (nSPS) is 11.1. The summed E-state index contributed by atoms with van der Waals surface area (Å²) in [7, 11) is 0. The average Bonchev–Trinajstić information content (AvgIpc) is 3.19. The van der Waals surface area contributed by atoms with Crippen LogP contribution in [0.25, 0.3) is 21.5 Å². The lowest BCUT2D eigenvalue weighted by Gasteiger charge is -2.02. The largest absolute Gasteiger partial charge is 0.469 e. The van der Waals surface area contributed by atoms with Gasteiger partial charge in [-0.1, -0.05) is 33.2 Å². The van der Waals surface area contributed by atoms with Crippen LogP contribution in [0.4, 0.5) is 0 Å². The summed E-state index contributed by atoms with van der Waals surface area (Å²) in [5, 5.41) is 5.02. The summed E-state index contributed by atoms with van der Waals surface area (Å²) in [6, 6.07) is 11.8. The van der Waals surface area contributed by atoms with Crippen LogP contribution in [0.1, 0.15) is 10.6 Å². The van der Waals surface area contributed by atoms with Crippen LogP contribution < -0.4 is 4.74 Å². The van der Waals surface area contributed by atoms with Crippen molar-refractivity contribution in [1.82, 2.24) is 15.1 Å². The van der Waals surface area contributed by atoms with Crippen LogP contribution in [-0.2, 0) is 6.61 Å². The van der Waals surface area contributed by atoms with E-state index in [1.54, 1.807) is 11.3 Å².